The molecule has 0 unspecified atom stereocenters. The van der Waals surface area contributed by atoms with E-state index in [2.05, 4.69) is 10.6 Å². The van der Waals surface area contributed by atoms with Gasteiger partial charge in [-0.05, 0) is 56.9 Å². The summed E-state index contributed by atoms with van der Waals surface area (Å²) in [5, 5.41) is 5.66. The van der Waals surface area contributed by atoms with Gasteiger partial charge in [0.2, 0.25) is 0 Å². The van der Waals surface area contributed by atoms with Crippen LogP contribution in [0.3, 0.4) is 0 Å². The van der Waals surface area contributed by atoms with E-state index in [1.807, 2.05) is 63.2 Å². The first-order valence-electron chi connectivity index (χ1n) is 9.21. The molecule has 0 radical (unpaired) electrons. The second kappa shape index (κ2) is 9.76. The average molecular weight is 368 g/mol. The number of nitrogens with one attached hydrogen (secondary N) is 2. The fourth-order valence-corrected chi connectivity index (χ4v) is 2.51. The Morgan fingerprint density at radius 1 is 0.815 bits per heavy atom. The average Bonchev–Trinajstić information content (AvgIpc) is 2.61. The van der Waals surface area contributed by atoms with Gasteiger partial charge in [0, 0.05) is 18.7 Å². The van der Waals surface area contributed by atoms with Gasteiger partial charge in [-0.3, -0.25) is 4.79 Å². The Kier molecular flexibility index (Phi) is 7.41. The van der Waals surface area contributed by atoms with Crippen molar-refractivity contribution in [1.82, 2.24) is 10.6 Å². The minimum absolute atomic E-state index is 0.0793. The lowest BCUT2D eigenvalue weighted by atomic mass is 10.1. The molecule has 0 heterocycles. The zero-order chi connectivity index (χ0) is 19.7. The van der Waals surface area contributed by atoms with Gasteiger partial charge in [0.25, 0.3) is 5.91 Å². The maximum atomic E-state index is 12.2. The molecule has 0 saturated heterocycles. The van der Waals surface area contributed by atoms with Gasteiger partial charge in [0.15, 0.2) is 0 Å². The van der Waals surface area contributed by atoms with E-state index in [1.165, 1.54) is 5.56 Å². The summed E-state index contributed by atoms with van der Waals surface area (Å²) in [4.78, 5) is 23.8. The van der Waals surface area contributed by atoms with Crippen molar-refractivity contribution in [3.05, 3.63) is 71.3 Å². The van der Waals surface area contributed by atoms with E-state index in [-0.39, 0.29) is 5.91 Å². The Morgan fingerprint density at radius 3 is 1.96 bits per heavy atom. The quantitative estimate of drug-likeness (QED) is 0.783. The lowest BCUT2D eigenvalue weighted by molar-refractivity contribution is 0.0528. The molecule has 2 aromatic rings. The van der Waals surface area contributed by atoms with Crippen molar-refractivity contribution in [2.45, 2.75) is 39.2 Å². The van der Waals surface area contributed by atoms with Gasteiger partial charge in [0.1, 0.15) is 5.60 Å². The van der Waals surface area contributed by atoms with Crippen LogP contribution in [0.15, 0.2) is 54.6 Å². The molecule has 0 spiro atoms. The summed E-state index contributed by atoms with van der Waals surface area (Å²) in [6.07, 6.45) is 1.06. The number of hydrogen-bond acceptors (Lipinski definition) is 3. The predicted molar refractivity (Wildman–Crippen MR) is 107 cm³/mol. The van der Waals surface area contributed by atoms with Gasteiger partial charge in [-0.2, -0.15) is 0 Å². The molecule has 144 valence electrons. The van der Waals surface area contributed by atoms with Gasteiger partial charge in [-0.1, -0.05) is 42.5 Å². The normalized spacial score (nSPS) is 10.9. The number of amides is 2. The minimum Gasteiger partial charge on any atom is -0.444 e. The fourth-order valence-electron chi connectivity index (χ4n) is 2.51. The molecule has 0 bridgehead atoms. The lowest BCUT2D eigenvalue weighted by Crippen LogP contribution is -2.33. The zero-order valence-electron chi connectivity index (χ0n) is 16.2. The highest BCUT2D eigenvalue weighted by Crippen LogP contribution is 2.08. The molecule has 5 heteroatoms. The van der Waals surface area contributed by atoms with Gasteiger partial charge in [0.05, 0.1) is 0 Å². The first kappa shape index (κ1) is 20.5. The maximum Gasteiger partial charge on any atom is 0.407 e. The highest BCUT2D eigenvalue weighted by Gasteiger charge is 2.15. The summed E-state index contributed by atoms with van der Waals surface area (Å²) in [6.45, 7) is 6.57. The molecule has 2 N–H and O–H groups in total. The molecule has 0 aliphatic rings. The Labute approximate surface area is 161 Å². The first-order valence-corrected chi connectivity index (χ1v) is 9.21. The van der Waals surface area contributed by atoms with Crippen molar-refractivity contribution in [1.29, 1.82) is 0 Å². The van der Waals surface area contributed by atoms with Crippen LogP contribution in [0.2, 0.25) is 0 Å². The highest BCUT2D eigenvalue weighted by atomic mass is 16.6. The molecular weight excluding hydrogens is 340 g/mol. The van der Waals surface area contributed by atoms with Crippen LogP contribution in [0.1, 0.15) is 42.3 Å². The van der Waals surface area contributed by atoms with Gasteiger partial charge < -0.3 is 15.4 Å². The van der Waals surface area contributed by atoms with Crippen molar-refractivity contribution in [3.63, 3.8) is 0 Å². The summed E-state index contributed by atoms with van der Waals surface area (Å²) < 4.78 is 5.19. The van der Waals surface area contributed by atoms with Gasteiger partial charge >= 0.3 is 6.09 Å². The number of ether oxygens (including phenoxy) is 1. The van der Waals surface area contributed by atoms with E-state index in [1.54, 1.807) is 12.1 Å². The Morgan fingerprint density at radius 2 is 1.37 bits per heavy atom. The molecule has 2 aromatic carbocycles. The molecule has 2 amide bonds. The van der Waals surface area contributed by atoms with Crippen LogP contribution in [0, 0.1) is 0 Å². The van der Waals surface area contributed by atoms with E-state index in [0.29, 0.717) is 25.1 Å². The smallest absolute Gasteiger partial charge is 0.407 e. The van der Waals surface area contributed by atoms with Crippen molar-refractivity contribution < 1.29 is 14.3 Å². The molecule has 5 nitrogen and oxygen atoms in total. The summed E-state index contributed by atoms with van der Waals surface area (Å²) in [5.41, 5.74) is 2.38. The highest BCUT2D eigenvalue weighted by molar-refractivity contribution is 5.94. The van der Waals surface area contributed by atoms with Gasteiger partial charge in [-0.25, -0.2) is 4.79 Å². The van der Waals surface area contributed by atoms with E-state index < -0.39 is 11.7 Å². The third-order valence-corrected chi connectivity index (χ3v) is 3.84. The van der Waals surface area contributed by atoms with Crippen molar-refractivity contribution in [2.75, 3.05) is 13.1 Å². The summed E-state index contributed by atoms with van der Waals surface area (Å²) >= 11 is 0. The van der Waals surface area contributed by atoms with Crippen LogP contribution in [0.4, 0.5) is 4.79 Å². The summed E-state index contributed by atoms with van der Waals surface area (Å²) in [6, 6.07) is 17.5. The second-order valence-corrected chi connectivity index (χ2v) is 7.37. The van der Waals surface area contributed by atoms with Crippen LogP contribution >= 0.6 is 0 Å². The molecule has 0 aromatic heterocycles. The van der Waals surface area contributed by atoms with Crippen molar-refractivity contribution in [2.24, 2.45) is 0 Å². The second-order valence-electron chi connectivity index (χ2n) is 7.37. The third-order valence-electron chi connectivity index (χ3n) is 3.84. The summed E-state index contributed by atoms with van der Waals surface area (Å²) in [7, 11) is 0. The number of hydrogen-bond donors (Lipinski definition) is 2. The molecule has 0 saturated carbocycles. The largest absolute Gasteiger partial charge is 0.444 e. The summed E-state index contributed by atoms with van der Waals surface area (Å²) in [5.74, 6) is -0.0793. The number of benzene rings is 2. The van der Waals surface area contributed by atoms with E-state index in [9.17, 15) is 9.59 Å². The Bertz CT molecular complexity index is 734. The molecule has 0 aliphatic carbocycles. The van der Waals surface area contributed by atoms with Crippen LogP contribution < -0.4 is 10.6 Å². The molecule has 27 heavy (non-hydrogen) atoms. The fraction of sp³-hybridized carbons (Fsp3) is 0.364. The Hall–Kier alpha value is -2.82. The number of carbonyl (C=O) groups is 2. The molecular formula is C22H28N2O3. The van der Waals surface area contributed by atoms with Crippen LogP contribution in [-0.4, -0.2) is 30.7 Å². The van der Waals surface area contributed by atoms with E-state index in [4.69, 9.17) is 4.74 Å². The van der Waals surface area contributed by atoms with Crippen LogP contribution in [-0.2, 0) is 17.6 Å². The minimum atomic E-state index is -0.500. The predicted octanol–water partition coefficient (Wildman–Crippen LogP) is 3.73. The number of carbonyl (C=O) groups excluding carboxylic acids is 2. The van der Waals surface area contributed by atoms with Crippen LogP contribution in [0.25, 0.3) is 0 Å². The van der Waals surface area contributed by atoms with Crippen LogP contribution in [0.5, 0.6) is 0 Å². The monoisotopic (exact) mass is 368 g/mol. The third kappa shape index (κ3) is 7.94. The van der Waals surface area contributed by atoms with E-state index >= 15 is 0 Å². The van der Waals surface area contributed by atoms with Crippen molar-refractivity contribution >= 4 is 12.0 Å². The molecule has 2 rings (SSSR count). The zero-order valence-corrected chi connectivity index (χ0v) is 16.2. The number of alkyl carbamates (subject to hydrolysis) is 1. The van der Waals surface area contributed by atoms with Gasteiger partial charge in [-0.15, -0.1) is 0 Å². The number of rotatable bonds is 7. The lowest BCUT2D eigenvalue weighted by Gasteiger charge is -2.19. The first-order chi connectivity index (χ1) is 12.8. The molecule has 0 fully saturated rings. The SMILES string of the molecule is CC(C)(C)OC(=O)NCCc1ccc(C(=O)NCCc2ccccc2)cc1. The molecule has 0 aliphatic heterocycles. The Balaban J connectivity index is 1.72. The van der Waals surface area contributed by atoms with Crippen molar-refractivity contribution in [3.8, 4) is 0 Å². The van der Waals surface area contributed by atoms with E-state index in [0.717, 1.165) is 12.0 Å². The molecule has 0 atom stereocenters. The maximum absolute atomic E-state index is 12.2. The topological polar surface area (TPSA) is 67.4 Å². The standard InChI is InChI=1S/C22H28N2O3/c1-22(2,3)27-21(26)24-16-14-18-9-11-19(12-10-18)20(25)23-15-13-17-7-5-4-6-8-17/h4-12H,13-16H2,1-3H3,(H,23,25)(H,24,26).